The summed E-state index contributed by atoms with van der Waals surface area (Å²) in [4.78, 5) is 0. The topological polar surface area (TPSA) is 86.6 Å². The van der Waals surface area contributed by atoms with Gasteiger partial charge in [0.25, 0.3) is 0 Å². The molecule has 0 spiro atoms. The molecule has 3 saturated heterocycles. The van der Waals surface area contributed by atoms with Crippen LogP contribution in [0.3, 0.4) is 0 Å². The van der Waals surface area contributed by atoms with Crippen LogP contribution in [0, 0.1) is 0 Å². The van der Waals surface area contributed by atoms with Gasteiger partial charge in [0.15, 0.2) is 18.4 Å². The van der Waals surface area contributed by atoms with Gasteiger partial charge in [-0.05, 0) is 19.4 Å². The van der Waals surface area contributed by atoms with Crippen LogP contribution in [0.1, 0.15) is 37.4 Å². The van der Waals surface area contributed by atoms with Crippen LogP contribution >= 0.6 is 0 Å². The van der Waals surface area contributed by atoms with Crippen molar-refractivity contribution in [3.05, 3.63) is 35.4 Å². The second kappa shape index (κ2) is 6.03. The third kappa shape index (κ3) is 2.76. The molecule has 132 valence electrons. The van der Waals surface area contributed by atoms with Gasteiger partial charge in [-0.15, -0.1) is 0 Å². The van der Waals surface area contributed by atoms with E-state index in [4.69, 9.17) is 23.7 Å². The molecule has 24 heavy (non-hydrogen) atoms. The summed E-state index contributed by atoms with van der Waals surface area (Å²) in [6.07, 6.45) is -2.97. The molecule has 4 rings (SSSR count). The lowest BCUT2D eigenvalue weighted by Gasteiger charge is -2.35. The second-order valence-corrected chi connectivity index (χ2v) is 6.74. The molecule has 1 unspecified atom stereocenters. The molecule has 3 aliphatic heterocycles. The van der Waals surface area contributed by atoms with Crippen LogP contribution in [0.25, 0.3) is 0 Å². The number of benzene rings is 1. The molecule has 7 heteroatoms. The number of ether oxygens (including phenoxy) is 5. The van der Waals surface area contributed by atoms with E-state index in [0.717, 1.165) is 0 Å². The Morgan fingerprint density at radius 2 is 1.96 bits per heavy atom. The van der Waals surface area contributed by atoms with Crippen LogP contribution in [0.4, 0.5) is 0 Å². The van der Waals surface area contributed by atoms with E-state index >= 15 is 0 Å². The maximum Gasteiger partial charge on any atom is 0.190 e. The SMILES string of the molecule is CC1(C)O[C@H]2O[C@@H]3COC(c4ccccc4[C@@H](O)CO)O[C@@H]3[C@H]2O1. The Labute approximate surface area is 140 Å². The van der Waals surface area contributed by atoms with Crippen molar-refractivity contribution in [2.45, 2.75) is 56.6 Å². The first-order valence-electron chi connectivity index (χ1n) is 8.14. The third-order valence-electron chi connectivity index (χ3n) is 4.56. The van der Waals surface area contributed by atoms with Crippen LogP contribution in [0.5, 0.6) is 0 Å². The predicted molar refractivity (Wildman–Crippen MR) is 80.8 cm³/mol. The third-order valence-corrected chi connectivity index (χ3v) is 4.56. The fourth-order valence-corrected chi connectivity index (χ4v) is 3.50. The van der Waals surface area contributed by atoms with Crippen LogP contribution in [0.15, 0.2) is 24.3 Å². The molecule has 1 aromatic rings. The van der Waals surface area contributed by atoms with E-state index in [9.17, 15) is 10.2 Å². The van der Waals surface area contributed by atoms with Crippen molar-refractivity contribution in [1.82, 2.24) is 0 Å². The average molecular weight is 338 g/mol. The molecule has 0 saturated carbocycles. The Bertz CT molecular complexity index is 604. The monoisotopic (exact) mass is 338 g/mol. The minimum atomic E-state index is -0.983. The fraction of sp³-hybridized carbons (Fsp3) is 0.647. The first kappa shape index (κ1) is 16.4. The highest BCUT2D eigenvalue weighted by molar-refractivity contribution is 5.30. The van der Waals surface area contributed by atoms with Crippen molar-refractivity contribution in [3.63, 3.8) is 0 Å². The van der Waals surface area contributed by atoms with Gasteiger partial charge in [0, 0.05) is 5.56 Å². The number of fused-ring (bicyclic) bond motifs is 3. The summed E-state index contributed by atoms with van der Waals surface area (Å²) in [6, 6.07) is 7.21. The molecule has 3 heterocycles. The molecule has 0 amide bonds. The average Bonchev–Trinajstić information content (AvgIpc) is 3.05. The van der Waals surface area contributed by atoms with E-state index < -0.39 is 24.5 Å². The molecule has 0 radical (unpaired) electrons. The quantitative estimate of drug-likeness (QED) is 0.850. The summed E-state index contributed by atoms with van der Waals surface area (Å²) in [5.41, 5.74) is 1.28. The standard InChI is InChI=1S/C17H22O7/c1-17(2)23-14-13-12(21-16(14)24-17)8-20-15(22-13)10-6-4-3-5-9(10)11(19)7-18/h3-6,11-16,18-19H,7-8H2,1-2H3/t11-,12+,13-,14+,15?,16+/m0/s1. The summed E-state index contributed by atoms with van der Waals surface area (Å²) in [6.45, 7) is 3.66. The number of hydrogen-bond donors (Lipinski definition) is 2. The van der Waals surface area contributed by atoms with Crippen LogP contribution in [-0.2, 0) is 23.7 Å². The first-order valence-corrected chi connectivity index (χ1v) is 8.14. The molecule has 1 aromatic carbocycles. The smallest absolute Gasteiger partial charge is 0.190 e. The Morgan fingerprint density at radius 1 is 1.17 bits per heavy atom. The van der Waals surface area contributed by atoms with Crippen molar-refractivity contribution in [2.24, 2.45) is 0 Å². The normalized spacial score (nSPS) is 38.6. The van der Waals surface area contributed by atoms with Crippen LogP contribution < -0.4 is 0 Å². The van der Waals surface area contributed by atoms with E-state index in [2.05, 4.69) is 0 Å². The van der Waals surface area contributed by atoms with Gasteiger partial charge < -0.3 is 33.9 Å². The summed E-state index contributed by atoms with van der Waals surface area (Å²) in [7, 11) is 0. The van der Waals surface area contributed by atoms with Crippen LogP contribution in [0.2, 0.25) is 0 Å². The molecule has 0 bridgehead atoms. The lowest BCUT2D eigenvalue weighted by Crippen LogP contribution is -2.44. The molecule has 7 nitrogen and oxygen atoms in total. The molecule has 0 aliphatic carbocycles. The van der Waals surface area contributed by atoms with Crippen molar-refractivity contribution in [2.75, 3.05) is 13.2 Å². The zero-order valence-corrected chi connectivity index (χ0v) is 13.6. The highest BCUT2D eigenvalue weighted by Crippen LogP contribution is 2.43. The van der Waals surface area contributed by atoms with Gasteiger partial charge in [0.1, 0.15) is 24.4 Å². The Balaban J connectivity index is 1.56. The molecule has 3 aliphatic rings. The minimum absolute atomic E-state index is 0.248. The van der Waals surface area contributed by atoms with Gasteiger partial charge in [0.2, 0.25) is 0 Å². The zero-order chi connectivity index (χ0) is 16.9. The van der Waals surface area contributed by atoms with E-state index in [-0.39, 0.29) is 24.9 Å². The predicted octanol–water partition coefficient (Wildman–Crippen LogP) is 1.00. The van der Waals surface area contributed by atoms with Gasteiger partial charge in [0.05, 0.1) is 13.2 Å². The maximum absolute atomic E-state index is 10.0. The number of rotatable bonds is 3. The fourth-order valence-electron chi connectivity index (χ4n) is 3.50. The number of hydrogen-bond acceptors (Lipinski definition) is 7. The lowest BCUT2D eigenvalue weighted by atomic mass is 10.0. The molecule has 0 aromatic heterocycles. The summed E-state index contributed by atoms with van der Waals surface area (Å²) in [5.74, 6) is -0.706. The molecule has 6 atom stereocenters. The van der Waals surface area contributed by atoms with Crippen molar-refractivity contribution >= 4 is 0 Å². The van der Waals surface area contributed by atoms with Gasteiger partial charge in [-0.3, -0.25) is 0 Å². The van der Waals surface area contributed by atoms with E-state index in [1.807, 2.05) is 26.0 Å². The van der Waals surface area contributed by atoms with Gasteiger partial charge in [-0.1, -0.05) is 24.3 Å². The summed E-state index contributed by atoms with van der Waals surface area (Å²) < 4.78 is 29.3. The van der Waals surface area contributed by atoms with Gasteiger partial charge in [-0.25, -0.2) is 0 Å². The summed E-state index contributed by atoms with van der Waals surface area (Å²) >= 11 is 0. The minimum Gasteiger partial charge on any atom is -0.393 e. The molecular formula is C17H22O7. The summed E-state index contributed by atoms with van der Waals surface area (Å²) in [5, 5.41) is 19.3. The Morgan fingerprint density at radius 3 is 2.75 bits per heavy atom. The zero-order valence-electron chi connectivity index (χ0n) is 13.6. The van der Waals surface area contributed by atoms with E-state index in [0.29, 0.717) is 17.7 Å². The highest BCUT2D eigenvalue weighted by atomic mass is 16.9. The Hall–Kier alpha value is -1.06. The molecule has 3 fully saturated rings. The van der Waals surface area contributed by atoms with Gasteiger partial charge >= 0.3 is 0 Å². The first-order chi connectivity index (χ1) is 11.5. The van der Waals surface area contributed by atoms with E-state index in [1.54, 1.807) is 12.1 Å². The highest BCUT2D eigenvalue weighted by Gasteiger charge is 2.57. The van der Waals surface area contributed by atoms with E-state index in [1.165, 1.54) is 0 Å². The molecule has 2 N–H and O–H groups in total. The van der Waals surface area contributed by atoms with Gasteiger partial charge in [-0.2, -0.15) is 0 Å². The molecular weight excluding hydrogens is 316 g/mol. The second-order valence-electron chi connectivity index (χ2n) is 6.74. The van der Waals surface area contributed by atoms with Crippen molar-refractivity contribution in [3.8, 4) is 0 Å². The van der Waals surface area contributed by atoms with Crippen LogP contribution in [-0.4, -0.2) is 53.8 Å². The van der Waals surface area contributed by atoms with Crippen molar-refractivity contribution < 1.29 is 33.9 Å². The number of aliphatic hydroxyl groups excluding tert-OH is 2. The lowest BCUT2D eigenvalue weighted by molar-refractivity contribution is -0.285. The Kier molecular flexibility index (Phi) is 4.12. The largest absolute Gasteiger partial charge is 0.393 e. The maximum atomic E-state index is 10.0. The number of aliphatic hydroxyl groups is 2. The van der Waals surface area contributed by atoms with Crippen molar-refractivity contribution in [1.29, 1.82) is 0 Å².